The summed E-state index contributed by atoms with van der Waals surface area (Å²) in [5.41, 5.74) is 3.03. The van der Waals surface area contributed by atoms with Crippen LogP contribution in [0.15, 0.2) is 23.4 Å². The number of nitrogens with one attached hydrogen (secondary N) is 2. The van der Waals surface area contributed by atoms with Gasteiger partial charge in [0.1, 0.15) is 0 Å². The molecule has 1 aliphatic heterocycles. The van der Waals surface area contributed by atoms with Crippen LogP contribution in [0.2, 0.25) is 0 Å². The summed E-state index contributed by atoms with van der Waals surface area (Å²) in [6.07, 6.45) is 0.726. The van der Waals surface area contributed by atoms with E-state index in [-0.39, 0.29) is 22.8 Å². The molecular formula is C14H15N3O2S2. The number of aryl methyl sites for hydroxylation is 1. The molecule has 1 atom stereocenters. The van der Waals surface area contributed by atoms with Gasteiger partial charge >= 0.3 is 0 Å². The highest BCUT2D eigenvalue weighted by molar-refractivity contribution is 8.14. The first kappa shape index (κ1) is 14.5. The van der Waals surface area contributed by atoms with Crippen LogP contribution in [0.1, 0.15) is 12.0 Å². The number of hydrogen-bond donors (Lipinski definition) is 2. The monoisotopic (exact) mass is 321 g/mol. The van der Waals surface area contributed by atoms with Gasteiger partial charge in [-0.2, -0.15) is 0 Å². The quantitative estimate of drug-likeness (QED) is 0.844. The molecule has 0 radical (unpaired) electrons. The molecule has 1 aromatic heterocycles. The van der Waals surface area contributed by atoms with Crippen molar-refractivity contribution in [3.8, 4) is 0 Å². The van der Waals surface area contributed by atoms with Crippen LogP contribution in [0.3, 0.4) is 0 Å². The van der Waals surface area contributed by atoms with Crippen LogP contribution >= 0.6 is 23.5 Å². The number of aromatic amines is 1. The minimum atomic E-state index is -0.318. The first-order valence-electron chi connectivity index (χ1n) is 6.67. The Morgan fingerprint density at radius 2 is 2.43 bits per heavy atom. The number of rotatable bonds is 4. The van der Waals surface area contributed by atoms with Gasteiger partial charge in [-0.1, -0.05) is 29.6 Å². The second-order valence-corrected chi connectivity index (χ2v) is 6.99. The molecule has 1 unspecified atom stereocenters. The molecule has 0 saturated carbocycles. The molecule has 0 bridgehead atoms. The minimum Gasteiger partial charge on any atom is -0.345 e. The zero-order chi connectivity index (χ0) is 14.8. The van der Waals surface area contributed by atoms with Crippen molar-refractivity contribution in [3.05, 3.63) is 23.8 Å². The van der Waals surface area contributed by atoms with Gasteiger partial charge in [0.05, 0.1) is 22.8 Å². The van der Waals surface area contributed by atoms with Crippen LogP contribution in [0, 0.1) is 6.92 Å². The molecule has 2 aromatic rings. The molecule has 7 heteroatoms. The zero-order valence-corrected chi connectivity index (χ0v) is 13.1. The Morgan fingerprint density at radius 1 is 1.57 bits per heavy atom. The average molecular weight is 321 g/mol. The number of benzene rings is 1. The van der Waals surface area contributed by atoms with Gasteiger partial charge in [-0.15, -0.1) is 0 Å². The van der Waals surface area contributed by atoms with Gasteiger partial charge in [0, 0.05) is 5.75 Å². The minimum absolute atomic E-state index is 0.0626. The first-order chi connectivity index (χ1) is 10.1. The van der Waals surface area contributed by atoms with E-state index in [0.717, 1.165) is 33.9 Å². The van der Waals surface area contributed by atoms with Crippen LogP contribution in [-0.2, 0) is 9.59 Å². The van der Waals surface area contributed by atoms with Gasteiger partial charge in [-0.05, 0) is 31.0 Å². The third-order valence-corrected chi connectivity index (χ3v) is 5.11. The third kappa shape index (κ3) is 3.41. The summed E-state index contributed by atoms with van der Waals surface area (Å²) < 4.78 is 0. The number of hydrogen-bond acceptors (Lipinski definition) is 5. The lowest BCUT2D eigenvalue weighted by atomic mass is 10.2. The molecule has 1 saturated heterocycles. The first-order valence-corrected chi connectivity index (χ1v) is 8.64. The van der Waals surface area contributed by atoms with Crippen LogP contribution in [0.5, 0.6) is 0 Å². The van der Waals surface area contributed by atoms with E-state index in [9.17, 15) is 9.59 Å². The molecular weight excluding hydrogens is 306 g/mol. The summed E-state index contributed by atoms with van der Waals surface area (Å²) in [6.45, 7) is 2.02. The summed E-state index contributed by atoms with van der Waals surface area (Å²) in [5.74, 6) is 0.921. The highest BCUT2D eigenvalue weighted by Gasteiger charge is 2.26. The SMILES string of the molecule is Cc1ccc2nc(SCC(=O)NC3CCSC3=O)[nH]c2c1. The number of aromatic nitrogens is 2. The highest BCUT2D eigenvalue weighted by atomic mass is 32.2. The largest absolute Gasteiger partial charge is 0.345 e. The van der Waals surface area contributed by atoms with Crippen molar-refractivity contribution in [2.75, 3.05) is 11.5 Å². The lowest BCUT2D eigenvalue weighted by Gasteiger charge is -2.08. The summed E-state index contributed by atoms with van der Waals surface area (Å²) in [4.78, 5) is 30.9. The normalized spacial score (nSPS) is 18.3. The van der Waals surface area contributed by atoms with Crippen LogP contribution in [0.25, 0.3) is 11.0 Å². The molecule has 5 nitrogen and oxygen atoms in total. The molecule has 0 spiro atoms. The maximum atomic E-state index is 11.9. The Hall–Kier alpha value is -1.47. The van der Waals surface area contributed by atoms with Gasteiger partial charge < -0.3 is 10.3 Å². The van der Waals surface area contributed by atoms with E-state index in [4.69, 9.17) is 0 Å². The Bertz CT molecular complexity index is 699. The summed E-state index contributed by atoms with van der Waals surface area (Å²) in [5, 5.41) is 3.55. The Balaban J connectivity index is 1.58. The fourth-order valence-corrected chi connectivity index (χ4v) is 3.79. The van der Waals surface area contributed by atoms with Crippen molar-refractivity contribution in [1.82, 2.24) is 15.3 Å². The molecule has 1 amide bonds. The molecule has 110 valence electrons. The van der Waals surface area contributed by atoms with E-state index in [1.54, 1.807) is 0 Å². The van der Waals surface area contributed by atoms with E-state index in [1.165, 1.54) is 23.5 Å². The van der Waals surface area contributed by atoms with E-state index >= 15 is 0 Å². The van der Waals surface area contributed by atoms with Crippen LogP contribution in [-0.4, -0.2) is 38.5 Å². The summed E-state index contributed by atoms with van der Waals surface area (Å²) >= 11 is 2.64. The number of thioether (sulfide) groups is 2. The third-order valence-electron chi connectivity index (χ3n) is 3.23. The van der Waals surface area contributed by atoms with Crippen molar-refractivity contribution in [1.29, 1.82) is 0 Å². The molecule has 21 heavy (non-hydrogen) atoms. The van der Waals surface area contributed by atoms with Crippen LogP contribution in [0.4, 0.5) is 0 Å². The maximum Gasteiger partial charge on any atom is 0.231 e. The second kappa shape index (κ2) is 6.11. The Kier molecular flexibility index (Phi) is 4.21. The van der Waals surface area contributed by atoms with E-state index in [2.05, 4.69) is 15.3 Å². The van der Waals surface area contributed by atoms with Crippen molar-refractivity contribution in [3.63, 3.8) is 0 Å². The topological polar surface area (TPSA) is 74.8 Å². The number of nitrogens with zero attached hydrogens (tertiary/aromatic N) is 1. The predicted octanol–water partition coefficient (Wildman–Crippen LogP) is 2.11. The molecule has 2 N–H and O–H groups in total. The van der Waals surface area contributed by atoms with Crippen molar-refractivity contribution in [2.45, 2.75) is 24.5 Å². The summed E-state index contributed by atoms with van der Waals surface area (Å²) in [6, 6.07) is 5.68. The predicted molar refractivity (Wildman–Crippen MR) is 85.6 cm³/mol. The average Bonchev–Trinajstić information content (AvgIpc) is 3.02. The highest BCUT2D eigenvalue weighted by Crippen LogP contribution is 2.21. The number of amides is 1. The standard InChI is InChI=1S/C14H15N3O2S2/c1-8-2-3-9-11(6-8)17-14(16-9)21-7-12(18)15-10-4-5-20-13(10)19/h2-3,6,10H,4-5,7H2,1H3,(H,15,18)(H,16,17). The zero-order valence-electron chi connectivity index (χ0n) is 11.5. The molecule has 1 aliphatic rings. The van der Waals surface area contributed by atoms with Crippen molar-refractivity contribution < 1.29 is 9.59 Å². The summed E-state index contributed by atoms with van der Waals surface area (Å²) in [7, 11) is 0. The molecule has 1 aromatic carbocycles. The smallest absolute Gasteiger partial charge is 0.231 e. The van der Waals surface area contributed by atoms with E-state index in [0.29, 0.717) is 0 Å². The van der Waals surface area contributed by atoms with Crippen LogP contribution < -0.4 is 5.32 Å². The number of H-pyrrole nitrogens is 1. The molecule has 0 aliphatic carbocycles. The van der Waals surface area contributed by atoms with Gasteiger partial charge in [0.2, 0.25) is 11.0 Å². The number of carbonyl (C=O) groups excluding carboxylic acids is 2. The van der Waals surface area contributed by atoms with Crippen molar-refractivity contribution in [2.24, 2.45) is 0 Å². The van der Waals surface area contributed by atoms with E-state index in [1.807, 2.05) is 25.1 Å². The van der Waals surface area contributed by atoms with Gasteiger partial charge in [0.15, 0.2) is 5.16 Å². The maximum absolute atomic E-state index is 11.9. The number of imidazole rings is 1. The second-order valence-electron chi connectivity index (χ2n) is 4.93. The van der Waals surface area contributed by atoms with E-state index < -0.39 is 0 Å². The van der Waals surface area contributed by atoms with Gasteiger partial charge in [0.25, 0.3) is 0 Å². The fraction of sp³-hybridized carbons (Fsp3) is 0.357. The van der Waals surface area contributed by atoms with Gasteiger partial charge in [-0.25, -0.2) is 4.98 Å². The molecule has 1 fully saturated rings. The fourth-order valence-electron chi connectivity index (χ4n) is 2.17. The van der Waals surface area contributed by atoms with Crippen molar-refractivity contribution >= 4 is 45.6 Å². The Labute approximate surface area is 130 Å². The lowest BCUT2D eigenvalue weighted by Crippen LogP contribution is -2.38. The lowest BCUT2D eigenvalue weighted by molar-refractivity contribution is -0.122. The van der Waals surface area contributed by atoms with Gasteiger partial charge in [-0.3, -0.25) is 9.59 Å². The molecule has 3 rings (SSSR count). The molecule has 2 heterocycles. The Morgan fingerprint density at radius 3 is 3.19 bits per heavy atom. The number of fused-ring (bicyclic) bond motifs is 1. The number of carbonyl (C=O) groups is 2.